The highest BCUT2D eigenvalue weighted by Crippen LogP contribution is 2.13. The minimum absolute atomic E-state index is 0.711. The van der Waals surface area contributed by atoms with E-state index >= 15 is 0 Å². The normalized spacial score (nSPS) is 15.8. The van der Waals surface area contributed by atoms with Gasteiger partial charge in [-0.25, -0.2) is 4.98 Å². The molecule has 0 atom stereocenters. The van der Waals surface area contributed by atoms with Gasteiger partial charge < -0.3 is 10.3 Å². The lowest BCUT2D eigenvalue weighted by Gasteiger charge is -2.27. The maximum absolute atomic E-state index is 5.62. The second kappa shape index (κ2) is 4.18. The fraction of sp³-hybridized carbons (Fsp3) is 0.333. The van der Waals surface area contributed by atoms with Crippen molar-refractivity contribution < 1.29 is 0 Å². The second-order valence-electron chi connectivity index (χ2n) is 4.33. The van der Waals surface area contributed by atoms with Crippen LogP contribution in [0.3, 0.4) is 0 Å². The molecule has 17 heavy (non-hydrogen) atoms. The quantitative estimate of drug-likeness (QED) is 0.830. The van der Waals surface area contributed by atoms with Crippen LogP contribution in [0.4, 0.5) is 5.69 Å². The van der Waals surface area contributed by atoms with Gasteiger partial charge in [-0.1, -0.05) is 0 Å². The SMILES string of the molecule is Nc1ccc(CN2CCn3ccnc3C2)nc1. The van der Waals surface area contributed by atoms with Crippen molar-refractivity contribution >= 4 is 5.69 Å². The molecule has 2 aromatic heterocycles. The first-order valence-corrected chi connectivity index (χ1v) is 5.74. The highest BCUT2D eigenvalue weighted by molar-refractivity contribution is 5.34. The molecule has 1 aliphatic rings. The molecule has 0 amide bonds. The summed E-state index contributed by atoms with van der Waals surface area (Å²) in [6.07, 6.45) is 5.61. The van der Waals surface area contributed by atoms with Gasteiger partial charge in [0.2, 0.25) is 0 Å². The molecule has 3 rings (SSSR count). The Kier molecular flexibility index (Phi) is 2.53. The second-order valence-corrected chi connectivity index (χ2v) is 4.33. The summed E-state index contributed by atoms with van der Waals surface area (Å²) in [5.41, 5.74) is 7.39. The molecule has 0 radical (unpaired) electrons. The van der Waals surface area contributed by atoms with Gasteiger partial charge in [0.25, 0.3) is 0 Å². The maximum atomic E-state index is 5.62. The van der Waals surface area contributed by atoms with Gasteiger partial charge in [0.15, 0.2) is 0 Å². The Labute approximate surface area is 99.9 Å². The summed E-state index contributed by atoms with van der Waals surface area (Å²) in [6.45, 7) is 3.78. The topological polar surface area (TPSA) is 60.0 Å². The fourth-order valence-corrected chi connectivity index (χ4v) is 2.12. The number of nitrogens with zero attached hydrogens (tertiary/aromatic N) is 4. The Hall–Kier alpha value is -1.88. The van der Waals surface area contributed by atoms with E-state index in [2.05, 4.69) is 19.4 Å². The van der Waals surface area contributed by atoms with E-state index in [1.54, 1.807) is 6.20 Å². The van der Waals surface area contributed by atoms with Gasteiger partial charge >= 0.3 is 0 Å². The number of pyridine rings is 1. The number of hydrogen-bond donors (Lipinski definition) is 1. The van der Waals surface area contributed by atoms with Crippen molar-refractivity contribution in [2.75, 3.05) is 12.3 Å². The molecule has 5 nitrogen and oxygen atoms in total. The molecule has 0 spiro atoms. The average Bonchev–Trinajstić information content (AvgIpc) is 2.79. The van der Waals surface area contributed by atoms with Crippen LogP contribution in [0.25, 0.3) is 0 Å². The summed E-state index contributed by atoms with van der Waals surface area (Å²) in [5.74, 6) is 1.13. The van der Waals surface area contributed by atoms with Crippen molar-refractivity contribution in [3.63, 3.8) is 0 Å². The first-order valence-electron chi connectivity index (χ1n) is 5.74. The van der Waals surface area contributed by atoms with Gasteiger partial charge in [0, 0.05) is 32.0 Å². The van der Waals surface area contributed by atoms with Crippen LogP contribution in [0.1, 0.15) is 11.5 Å². The standard InChI is InChI=1S/C12H15N5/c13-10-1-2-11(15-7-10)8-16-5-6-17-4-3-14-12(17)9-16/h1-4,7H,5-6,8-9,13H2. The molecule has 1 aliphatic heterocycles. The summed E-state index contributed by atoms with van der Waals surface area (Å²) in [6, 6.07) is 3.88. The minimum Gasteiger partial charge on any atom is -0.397 e. The molecule has 2 aromatic rings. The first-order chi connectivity index (χ1) is 8.31. The number of fused-ring (bicyclic) bond motifs is 1. The zero-order valence-electron chi connectivity index (χ0n) is 9.58. The molecular formula is C12H15N5. The number of aromatic nitrogens is 3. The Morgan fingerprint density at radius 3 is 3.00 bits per heavy atom. The molecule has 0 aliphatic carbocycles. The van der Waals surface area contributed by atoms with E-state index < -0.39 is 0 Å². The van der Waals surface area contributed by atoms with Crippen molar-refractivity contribution in [2.24, 2.45) is 0 Å². The third-order valence-electron chi connectivity index (χ3n) is 3.06. The van der Waals surface area contributed by atoms with E-state index in [1.165, 1.54) is 0 Å². The third-order valence-corrected chi connectivity index (χ3v) is 3.06. The van der Waals surface area contributed by atoms with E-state index in [1.807, 2.05) is 24.5 Å². The Morgan fingerprint density at radius 1 is 1.24 bits per heavy atom. The monoisotopic (exact) mass is 229 g/mol. The largest absolute Gasteiger partial charge is 0.397 e. The molecular weight excluding hydrogens is 214 g/mol. The van der Waals surface area contributed by atoms with E-state index in [4.69, 9.17) is 5.73 Å². The zero-order valence-corrected chi connectivity index (χ0v) is 9.58. The number of anilines is 1. The summed E-state index contributed by atoms with van der Waals surface area (Å²) in [7, 11) is 0. The van der Waals surface area contributed by atoms with Gasteiger partial charge in [-0.2, -0.15) is 0 Å². The lowest BCUT2D eigenvalue weighted by Crippen LogP contribution is -2.33. The van der Waals surface area contributed by atoms with E-state index in [9.17, 15) is 0 Å². The lowest BCUT2D eigenvalue weighted by molar-refractivity contribution is 0.206. The van der Waals surface area contributed by atoms with Gasteiger partial charge in [-0.05, 0) is 12.1 Å². The molecule has 0 aromatic carbocycles. The van der Waals surface area contributed by atoms with Crippen LogP contribution in [-0.2, 0) is 19.6 Å². The molecule has 2 N–H and O–H groups in total. The average molecular weight is 229 g/mol. The van der Waals surface area contributed by atoms with Crippen LogP contribution in [0.2, 0.25) is 0 Å². The van der Waals surface area contributed by atoms with E-state index in [-0.39, 0.29) is 0 Å². The van der Waals surface area contributed by atoms with Crippen LogP contribution in [0.5, 0.6) is 0 Å². The molecule has 0 fully saturated rings. The third kappa shape index (κ3) is 2.14. The number of hydrogen-bond acceptors (Lipinski definition) is 4. The van der Waals surface area contributed by atoms with Crippen molar-refractivity contribution in [2.45, 2.75) is 19.6 Å². The van der Waals surface area contributed by atoms with Crippen LogP contribution in [-0.4, -0.2) is 26.0 Å². The Bertz CT molecular complexity index is 502. The Morgan fingerprint density at radius 2 is 2.18 bits per heavy atom. The minimum atomic E-state index is 0.711. The molecule has 0 bridgehead atoms. The predicted molar refractivity (Wildman–Crippen MR) is 65.0 cm³/mol. The molecule has 0 saturated heterocycles. The van der Waals surface area contributed by atoms with Crippen molar-refractivity contribution in [1.82, 2.24) is 19.4 Å². The molecule has 3 heterocycles. The summed E-state index contributed by atoms with van der Waals surface area (Å²) < 4.78 is 2.20. The van der Waals surface area contributed by atoms with Crippen LogP contribution < -0.4 is 5.73 Å². The van der Waals surface area contributed by atoms with Crippen LogP contribution in [0.15, 0.2) is 30.7 Å². The van der Waals surface area contributed by atoms with Gasteiger partial charge in [0.05, 0.1) is 24.1 Å². The number of rotatable bonds is 2. The smallest absolute Gasteiger partial charge is 0.122 e. The Balaban J connectivity index is 1.69. The number of nitrogen functional groups attached to an aromatic ring is 1. The fourth-order valence-electron chi connectivity index (χ4n) is 2.12. The predicted octanol–water partition coefficient (Wildman–Crippen LogP) is 0.876. The number of nitrogens with two attached hydrogens (primary N) is 1. The maximum Gasteiger partial charge on any atom is 0.122 e. The number of imidazole rings is 1. The molecule has 0 saturated carbocycles. The summed E-state index contributed by atoms with van der Waals surface area (Å²) >= 11 is 0. The molecule has 0 unspecified atom stereocenters. The van der Waals surface area contributed by atoms with Gasteiger partial charge in [-0.3, -0.25) is 9.88 Å². The molecule has 88 valence electrons. The van der Waals surface area contributed by atoms with Crippen molar-refractivity contribution in [3.8, 4) is 0 Å². The summed E-state index contributed by atoms with van der Waals surface area (Å²) in [5, 5.41) is 0. The van der Waals surface area contributed by atoms with Crippen LogP contribution >= 0.6 is 0 Å². The summed E-state index contributed by atoms with van der Waals surface area (Å²) in [4.78, 5) is 11.0. The molecule has 5 heteroatoms. The van der Waals surface area contributed by atoms with Gasteiger partial charge in [0.1, 0.15) is 5.82 Å². The first kappa shape index (κ1) is 10.3. The van der Waals surface area contributed by atoms with Crippen molar-refractivity contribution in [1.29, 1.82) is 0 Å². The van der Waals surface area contributed by atoms with Crippen LogP contribution in [0, 0.1) is 0 Å². The van der Waals surface area contributed by atoms with Gasteiger partial charge in [-0.15, -0.1) is 0 Å². The zero-order chi connectivity index (χ0) is 11.7. The lowest BCUT2D eigenvalue weighted by atomic mass is 10.3. The highest BCUT2D eigenvalue weighted by atomic mass is 15.2. The highest BCUT2D eigenvalue weighted by Gasteiger charge is 2.16. The van der Waals surface area contributed by atoms with Crippen molar-refractivity contribution in [3.05, 3.63) is 42.2 Å². The van der Waals surface area contributed by atoms with E-state index in [0.717, 1.165) is 37.7 Å². The van der Waals surface area contributed by atoms with E-state index in [0.29, 0.717) is 5.69 Å².